The zero-order valence-corrected chi connectivity index (χ0v) is 16.3. The van der Waals surface area contributed by atoms with Gasteiger partial charge in [-0.2, -0.15) is 0 Å². The van der Waals surface area contributed by atoms with Crippen LogP contribution in [0.3, 0.4) is 0 Å². The summed E-state index contributed by atoms with van der Waals surface area (Å²) in [5.74, 6) is 1.52. The van der Waals surface area contributed by atoms with Gasteiger partial charge in [0.2, 0.25) is 0 Å². The summed E-state index contributed by atoms with van der Waals surface area (Å²) in [7, 11) is 1.64. The van der Waals surface area contributed by atoms with Crippen LogP contribution in [-0.2, 0) is 13.1 Å². The second-order valence-electron chi connectivity index (χ2n) is 6.92. The van der Waals surface area contributed by atoms with Crippen LogP contribution in [0.5, 0.6) is 11.5 Å². The summed E-state index contributed by atoms with van der Waals surface area (Å²) in [6, 6.07) is 28.2. The van der Waals surface area contributed by atoms with Crippen LogP contribution in [0, 0.1) is 0 Å². The van der Waals surface area contributed by atoms with Crippen molar-refractivity contribution in [1.29, 1.82) is 0 Å². The van der Waals surface area contributed by atoms with Crippen molar-refractivity contribution in [3.05, 3.63) is 96.1 Å². The smallest absolute Gasteiger partial charge is 0.137 e. The first-order chi connectivity index (χ1) is 13.7. The number of methoxy groups -OCH3 is 1. The van der Waals surface area contributed by atoms with Crippen LogP contribution in [0.2, 0.25) is 0 Å². The summed E-state index contributed by atoms with van der Waals surface area (Å²) in [6.45, 7) is 2.59. The molecule has 3 aromatic carbocycles. The molecule has 146 valence electrons. The largest absolute Gasteiger partial charge is 0.497 e. The summed E-state index contributed by atoms with van der Waals surface area (Å²) in [6.07, 6.45) is -0.551. The Balaban J connectivity index is 1.58. The quantitative estimate of drug-likeness (QED) is 0.570. The number of ether oxygens (including phenoxy) is 2. The van der Waals surface area contributed by atoms with Gasteiger partial charge < -0.3 is 19.5 Å². The number of quaternary nitrogens is 1. The first-order valence-electron chi connectivity index (χ1n) is 9.59. The van der Waals surface area contributed by atoms with E-state index in [4.69, 9.17) is 9.47 Å². The van der Waals surface area contributed by atoms with E-state index in [1.807, 2.05) is 36.4 Å². The lowest BCUT2D eigenvalue weighted by Gasteiger charge is -2.23. The van der Waals surface area contributed by atoms with E-state index in [0.717, 1.165) is 24.6 Å². The minimum Gasteiger partial charge on any atom is -0.497 e. The molecule has 3 rings (SSSR count). The van der Waals surface area contributed by atoms with Crippen molar-refractivity contribution in [2.45, 2.75) is 19.2 Å². The molecular formula is C24H28NO3+. The van der Waals surface area contributed by atoms with Crippen molar-refractivity contribution in [1.82, 2.24) is 0 Å². The van der Waals surface area contributed by atoms with Crippen molar-refractivity contribution in [3.63, 3.8) is 0 Å². The maximum Gasteiger partial charge on any atom is 0.137 e. The lowest BCUT2D eigenvalue weighted by molar-refractivity contribution is -0.930. The van der Waals surface area contributed by atoms with Crippen molar-refractivity contribution >= 4 is 0 Å². The van der Waals surface area contributed by atoms with E-state index < -0.39 is 6.10 Å². The fourth-order valence-electron chi connectivity index (χ4n) is 3.23. The second-order valence-corrected chi connectivity index (χ2v) is 6.92. The normalized spacial score (nSPS) is 12.0. The minimum atomic E-state index is -0.551. The summed E-state index contributed by atoms with van der Waals surface area (Å²) < 4.78 is 10.9. The van der Waals surface area contributed by atoms with E-state index in [2.05, 4.69) is 48.5 Å². The first-order valence-corrected chi connectivity index (χ1v) is 9.59. The molecule has 4 nitrogen and oxygen atoms in total. The van der Waals surface area contributed by atoms with Gasteiger partial charge in [0.05, 0.1) is 7.11 Å². The average Bonchev–Trinajstić information content (AvgIpc) is 2.74. The van der Waals surface area contributed by atoms with Gasteiger partial charge in [0.1, 0.15) is 43.8 Å². The van der Waals surface area contributed by atoms with Gasteiger partial charge in [-0.05, 0) is 24.3 Å². The van der Waals surface area contributed by atoms with E-state index in [9.17, 15) is 5.11 Å². The Morgan fingerprint density at radius 2 is 1.25 bits per heavy atom. The van der Waals surface area contributed by atoms with Gasteiger partial charge in [0.25, 0.3) is 0 Å². The predicted octanol–water partition coefficient (Wildman–Crippen LogP) is 2.72. The van der Waals surface area contributed by atoms with Crippen LogP contribution < -0.4 is 14.4 Å². The van der Waals surface area contributed by atoms with E-state index in [1.165, 1.54) is 16.0 Å². The number of benzene rings is 3. The number of aliphatic hydroxyl groups excluding tert-OH is 1. The highest BCUT2D eigenvalue weighted by atomic mass is 16.5. The Labute approximate surface area is 167 Å². The van der Waals surface area contributed by atoms with Crippen LogP contribution in [0.4, 0.5) is 0 Å². The molecule has 0 radical (unpaired) electrons. The van der Waals surface area contributed by atoms with Gasteiger partial charge in [-0.15, -0.1) is 0 Å². The molecule has 0 amide bonds. The fourth-order valence-corrected chi connectivity index (χ4v) is 3.23. The number of aliphatic hydroxyl groups is 1. The molecule has 4 heteroatoms. The zero-order valence-electron chi connectivity index (χ0n) is 16.3. The molecule has 0 heterocycles. The van der Waals surface area contributed by atoms with Crippen LogP contribution in [0.1, 0.15) is 11.1 Å². The third kappa shape index (κ3) is 6.41. The minimum absolute atomic E-state index is 0.263. The van der Waals surface area contributed by atoms with Crippen LogP contribution in [0.15, 0.2) is 84.9 Å². The lowest BCUT2D eigenvalue weighted by atomic mass is 10.1. The van der Waals surface area contributed by atoms with E-state index in [1.54, 1.807) is 7.11 Å². The van der Waals surface area contributed by atoms with Crippen LogP contribution in [-0.4, -0.2) is 31.5 Å². The topological polar surface area (TPSA) is 43.1 Å². The maximum atomic E-state index is 10.6. The summed E-state index contributed by atoms with van der Waals surface area (Å²) >= 11 is 0. The monoisotopic (exact) mass is 378 g/mol. The van der Waals surface area contributed by atoms with Gasteiger partial charge >= 0.3 is 0 Å². The van der Waals surface area contributed by atoms with Gasteiger partial charge in [-0.25, -0.2) is 0 Å². The lowest BCUT2D eigenvalue weighted by Crippen LogP contribution is -3.10. The molecule has 0 aromatic heterocycles. The van der Waals surface area contributed by atoms with Gasteiger partial charge in [0, 0.05) is 11.1 Å². The molecule has 1 atom stereocenters. The highest BCUT2D eigenvalue weighted by Gasteiger charge is 2.17. The molecule has 28 heavy (non-hydrogen) atoms. The van der Waals surface area contributed by atoms with Crippen molar-refractivity contribution < 1.29 is 19.5 Å². The summed E-state index contributed by atoms with van der Waals surface area (Å²) in [5, 5.41) is 10.6. The molecule has 0 aliphatic carbocycles. The fraction of sp³-hybridized carbons (Fsp3) is 0.250. The molecule has 0 saturated heterocycles. The second kappa shape index (κ2) is 10.5. The maximum absolute atomic E-state index is 10.6. The highest BCUT2D eigenvalue weighted by molar-refractivity contribution is 5.31. The first kappa shape index (κ1) is 19.9. The van der Waals surface area contributed by atoms with Gasteiger partial charge in [-0.1, -0.05) is 60.7 Å². The summed E-state index contributed by atoms with van der Waals surface area (Å²) in [5.41, 5.74) is 2.52. The SMILES string of the molecule is COc1ccc(OCC(O)C[NH+](Cc2ccccc2)Cc2ccccc2)cc1. The van der Waals surface area contributed by atoms with E-state index in [0.29, 0.717) is 6.54 Å². The average molecular weight is 378 g/mol. The zero-order chi connectivity index (χ0) is 19.6. The standard InChI is InChI=1S/C24H27NO3/c1-27-23-12-14-24(15-13-23)28-19-22(26)18-25(16-20-8-4-2-5-9-20)17-21-10-6-3-7-11-21/h2-15,22,26H,16-19H2,1H3/p+1. The number of hydrogen-bond donors (Lipinski definition) is 2. The Morgan fingerprint density at radius 1 is 0.750 bits per heavy atom. The molecular weight excluding hydrogens is 350 g/mol. The highest BCUT2D eigenvalue weighted by Crippen LogP contribution is 2.17. The van der Waals surface area contributed by atoms with Crippen molar-refractivity contribution in [3.8, 4) is 11.5 Å². The number of rotatable bonds is 10. The van der Waals surface area contributed by atoms with E-state index in [-0.39, 0.29) is 6.61 Å². The predicted molar refractivity (Wildman–Crippen MR) is 111 cm³/mol. The summed E-state index contributed by atoms with van der Waals surface area (Å²) in [4.78, 5) is 1.29. The Morgan fingerprint density at radius 3 is 1.75 bits per heavy atom. The molecule has 0 spiro atoms. The number of hydrogen-bond acceptors (Lipinski definition) is 3. The van der Waals surface area contributed by atoms with Gasteiger partial charge in [-0.3, -0.25) is 0 Å². The third-order valence-electron chi connectivity index (χ3n) is 4.62. The van der Waals surface area contributed by atoms with Crippen LogP contribution >= 0.6 is 0 Å². The Bertz CT molecular complexity index is 765. The molecule has 0 bridgehead atoms. The molecule has 2 N–H and O–H groups in total. The van der Waals surface area contributed by atoms with Crippen LogP contribution in [0.25, 0.3) is 0 Å². The molecule has 1 unspecified atom stereocenters. The van der Waals surface area contributed by atoms with Crippen molar-refractivity contribution in [2.24, 2.45) is 0 Å². The molecule has 3 aromatic rings. The molecule has 0 aliphatic heterocycles. The molecule has 0 saturated carbocycles. The van der Waals surface area contributed by atoms with Crippen molar-refractivity contribution in [2.75, 3.05) is 20.3 Å². The Hall–Kier alpha value is -2.82. The number of nitrogens with one attached hydrogen (secondary N) is 1. The Kier molecular flexibility index (Phi) is 7.47. The molecule has 0 fully saturated rings. The molecule has 0 aliphatic rings. The third-order valence-corrected chi connectivity index (χ3v) is 4.62. The van der Waals surface area contributed by atoms with Gasteiger partial charge in [0.15, 0.2) is 0 Å². The van der Waals surface area contributed by atoms with E-state index >= 15 is 0 Å².